The highest BCUT2D eigenvalue weighted by molar-refractivity contribution is 5.52. The average Bonchev–Trinajstić information content (AvgIpc) is 2.54. The Balaban J connectivity index is 2.62. The Kier molecular flexibility index (Phi) is 2.54. The fraction of sp³-hybridized carbons (Fsp3) is 0.455. The molecule has 1 aliphatic heterocycles. The van der Waals surface area contributed by atoms with E-state index in [0.29, 0.717) is 11.3 Å². The Morgan fingerprint density at radius 1 is 1.13 bits per heavy atom. The van der Waals surface area contributed by atoms with Crippen molar-refractivity contribution < 1.29 is 19.3 Å². The van der Waals surface area contributed by atoms with Crippen LogP contribution in [-0.4, -0.2) is 19.3 Å². The van der Waals surface area contributed by atoms with Crippen molar-refractivity contribution in [2.75, 3.05) is 14.2 Å². The molecule has 1 heterocycles. The van der Waals surface area contributed by atoms with Crippen LogP contribution in [-0.2, 0) is 4.74 Å². The molecule has 4 nitrogen and oxygen atoms in total. The van der Waals surface area contributed by atoms with Crippen molar-refractivity contribution in [3.63, 3.8) is 0 Å². The van der Waals surface area contributed by atoms with Gasteiger partial charge < -0.3 is 19.3 Å². The van der Waals surface area contributed by atoms with Crippen LogP contribution >= 0.6 is 0 Å². The molecule has 0 saturated heterocycles. The Bertz CT molecular complexity index is 340. The number of hydrogen-bond donors (Lipinski definition) is 1. The molecule has 1 aliphatic rings. The fourth-order valence-corrected chi connectivity index (χ4v) is 1.96. The minimum atomic E-state index is -0.931. The summed E-state index contributed by atoms with van der Waals surface area (Å²) in [6.45, 7) is 1.87. The summed E-state index contributed by atoms with van der Waals surface area (Å²) in [6, 6.07) is 3.58. The third-order valence-electron chi connectivity index (χ3n) is 2.63. The number of ether oxygens (including phenoxy) is 3. The van der Waals surface area contributed by atoms with Gasteiger partial charge in [-0.3, -0.25) is 0 Å². The van der Waals surface area contributed by atoms with Gasteiger partial charge in [-0.2, -0.15) is 0 Å². The Labute approximate surface area is 88.4 Å². The molecule has 82 valence electrons. The summed E-state index contributed by atoms with van der Waals surface area (Å²) in [5, 5.41) is 9.73. The van der Waals surface area contributed by atoms with E-state index in [0.717, 1.165) is 11.3 Å². The van der Waals surface area contributed by atoms with Crippen LogP contribution in [0.5, 0.6) is 11.5 Å². The van der Waals surface area contributed by atoms with Crippen molar-refractivity contribution >= 4 is 0 Å². The second-order valence-corrected chi connectivity index (χ2v) is 3.43. The van der Waals surface area contributed by atoms with Gasteiger partial charge in [0, 0.05) is 5.56 Å². The predicted molar refractivity (Wildman–Crippen MR) is 54.0 cm³/mol. The zero-order valence-corrected chi connectivity index (χ0v) is 8.98. The van der Waals surface area contributed by atoms with Crippen LogP contribution in [0.1, 0.15) is 30.4 Å². The van der Waals surface area contributed by atoms with Crippen molar-refractivity contribution in [1.29, 1.82) is 0 Å². The van der Waals surface area contributed by atoms with Crippen molar-refractivity contribution in [2.24, 2.45) is 0 Å². The van der Waals surface area contributed by atoms with Gasteiger partial charge in [0.15, 0.2) is 6.29 Å². The number of aliphatic hydroxyl groups is 1. The summed E-state index contributed by atoms with van der Waals surface area (Å²) >= 11 is 0. The van der Waals surface area contributed by atoms with Crippen LogP contribution < -0.4 is 9.47 Å². The maximum Gasteiger partial charge on any atom is 0.186 e. The molecule has 15 heavy (non-hydrogen) atoms. The van der Waals surface area contributed by atoms with E-state index in [1.54, 1.807) is 20.3 Å². The van der Waals surface area contributed by atoms with E-state index in [4.69, 9.17) is 14.2 Å². The van der Waals surface area contributed by atoms with Gasteiger partial charge in [0.2, 0.25) is 0 Å². The van der Waals surface area contributed by atoms with Gasteiger partial charge in [-0.15, -0.1) is 0 Å². The van der Waals surface area contributed by atoms with E-state index in [2.05, 4.69) is 0 Å². The minimum Gasteiger partial charge on any atom is -0.496 e. The molecule has 0 fully saturated rings. The summed E-state index contributed by atoms with van der Waals surface area (Å²) in [7, 11) is 3.16. The second kappa shape index (κ2) is 3.72. The molecule has 4 heteroatoms. The molecule has 2 unspecified atom stereocenters. The third-order valence-corrected chi connectivity index (χ3v) is 2.63. The molecule has 0 amide bonds. The largest absolute Gasteiger partial charge is 0.496 e. The molecular formula is C11H14O4. The van der Waals surface area contributed by atoms with Gasteiger partial charge in [-0.05, 0) is 19.1 Å². The van der Waals surface area contributed by atoms with Crippen LogP contribution in [0, 0.1) is 0 Å². The first-order valence-electron chi connectivity index (χ1n) is 4.77. The molecule has 2 rings (SSSR count). The molecule has 1 aromatic carbocycles. The van der Waals surface area contributed by atoms with Gasteiger partial charge in [0.1, 0.15) is 11.5 Å². The highest BCUT2D eigenvalue weighted by Crippen LogP contribution is 2.46. The first-order chi connectivity index (χ1) is 7.19. The lowest BCUT2D eigenvalue weighted by atomic mass is 10.0. The van der Waals surface area contributed by atoms with Gasteiger partial charge in [0.25, 0.3) is 0 Å². The smallest absolute Gasteiger partial charge is 0.186 e. The van der Waals surface area contributed by atoms with E-state index < -0.39 is 6.29 Å². The van der Waals surface area contributed by atoms with Crippen molar-refractivity contribution in [3.8, 4) is 11.5 Å². The van der Waals surface area contributed by atoms with Gasteiger partial charge in [-0.1, -0.05) is 0 Å². The molecule has 0 aromatic heterocycles. The molecule has 1 aromatic rings. The Morgan fingerprint density at radius 3 is 2.20 bits per heavy atom. The number of fused-ring (bicyclic) bond motifs is 1. The quantitative estimate of drug-likeness (QED) is 0.808. The first kappa shape index (κ1) is 10.3. The summed E-state index contributed by atoms with van der Waals surface area (Å²) in [5.74, 6) is 1.34. The van der Waals surface area contributed by atoms with Gasteiger partial charge >= 0.3 is 0 Å². The molecule has 0 bridgehead atoms. The standard InChI is InChI=1S/C11H14O4/c1-6-9-7(13-2)4-5-8(14-3)10(9)11(12)15-6/h4-6,11-12H,1-3H3. The number of benzene rings is 1. The monoisotopic (exact) mass is 210 g/mol. The third kappa shape index (κ3) is 1.46. The van der Waals surface area contributed by atoms with Crippen LogP contribution in [0.2, 0.25) is 0 Å². The maximum absolute atomic E-state index is 9.73. The predicted octanol–water partition coefficient (Wildman–Crippen LogP) is 1.79. The number of methoxy groups -OCH3 is 2. The van der Waals surface area contributed by atoms with Crippen LogP contribution in [0.15, 0.2) is 12.1 Å². The number of hydrogen-bond acceptors (Lipinski definition) is 4. The zero-order chi connectivity index (χ0) is 11.0. The fourth-order valence-electron chi connectivity index (χ4n) is 1.96. The lowest BCUT2D eigenvalue weighted by Crippen LogP contribution is -1.98. The Hall–Kier alpha value is -1.26. The van der Waals surface area contributed by atoms with E-state index in [9.17, 15) is 5.11 Å². The van der Waals surface area contributed by atoms with Crippen molar-refractivity contribution in [1.82, 2.24) is 0 Å². The summed E-state index contributed by atoms with van der Waals surface area (Å²) in [4.78, 5) is 0. The molecule has 0 aliphatic carbocycles. The SMILES string of the molecule is COc1ccc(OC)c2c1C(C)OC2O. The zero-order valence-electron chi connectivity index (χ0n) is 8.98. The highest BCUT2D eigenvalue weighted by Gasteiger charge is 2.33. The summed E-state index contributed by atoms with van der Waals surface area (Å²) in [5.41, 5.74) is 1.54. The lowest BCUT2D eigenvalue weighted by Gasteiger charge is -2.12. The highest BCUT2D eigenvalue weighted by atomic mass is 16.6. The maximum atomic E-state index is 9.73. The summed E-state index contributed by atoms with van der Waals surface area (Å²) in [6.07, 6.45) is -1.11. The first-order valence-corrected chi connectivity index (χ1v) is 4.77. The van der Waals surface area contributed by atoms with Gasteiger partial charge in [0.05, 0.1) is 25.9 Å². The normalized spacial score (nSPS) is 23.7. The molecule has 1 N–H and O–H groups in total. The van der Waals surface area contributed by atoms with Crippen LogP contribution in [0.4, 0.5) is 0 Å². The minimum absolute atomic E-state index is 0.181. The van der Waals surface area contributed by atoms with E-state index in [-0.39, 0.29) is 6.10 Å². The molecule has 0 radical (unpaired) electrons. The van der Waals surface area contributed by atoms with Crippen LogP contribution in [0.3, 0.4) is 0 Å². The molecule has 2 atom stereocenters. The summed E-state index contributed by atoms with van der Waals surface area (Å²) < 4.78 is 15.7. The lowest BCUT2D eigenvalue weighted by molar-refractivity contribution is -0.115. The molecule has 0 spiro atoms. The topological polar surface area (TPSA) is 47.9 Å². The van der Waals surface area contributed by atoms with Crippen LogP contribution in [0.25, 0.3) is 0 Å². The number of rotatable bonds is 2. The van der Waals surface area contributed by atoms with E-state index in [1.165, 1.54) is 0 Å². The second-order valence-electron chi connectivity index (χ2n) is 3.43. The number of aliphatic hydroxyl groups excluding tert-OH is 1. The van der Waals surface area contributed by atoms with E-state index >= 15 is 0 Å². The van der Waals surface area contributed by atoms with Crippen molar-refractivity contribution in [2.45, 2.75) is 19.3 Å². The molecular weight excluding hydrogens is 196 g/mol. The average molecular weight is 210 g/mol. The van der Waals surface area contributed by atoms with Crippen molar-refractivity contribution in [3.05, 3.63) is 23.3 Å². The van der Waals surface area contributed by atoms with Gasteiger partial charge in [-0.25, -0.2) is 0 Å². The molecule has 0 saturated carbocycles. The Morgan fingerprint density at radius 2 is 1.67 bits per heavy atom. The van der Waals surface area contributed by atoms with E-state index in [1.807, 2.05) is 13.0 Å².